The van der Waals surface area contributed by atoms with Crippen LogP contribution in [0.4, 0.5) is 0 Å². The minimum absolute atomic E-state index is 0.199. The summed E-state index contributed by atoms with van der Waals surface area (Å²) >= 11 is 2.24. The molecule has 3 rings (SSSR count). The molecule has 0 saturated heterocycles. The van der Waals surface area contributed by atoms with Gasteiger partial charge in [0.05, 0.1) is 17.8 Å². The maximum absolute atomic E-state index is 5.67. The number of ether oxygens (including phenoxy) is 1. The van der Waals surface area contributed by atoms with Gasteiger partial charge in [-0.15, -0.1) is 0 Å². The lowest BCUT2D eigenvalue weighted by molar-refractivity contribution is 0.242. The van der Waals surface area contributed by atoms with E-state index in [9.17, 15) is 0 Å². The van der Waals surface area contributed by atoms with E-state index in [0.717, 1.165) is 15.1 Å². The minimum atomic E-state index is 0.199. The molecule has 102 valence electrons. The molecule has 2 aromatic heterocycles. The number of benzene rings is 1. The molecular formula is C16H15IN2O. The van der Waals surface area contributed by atoms with E-state index >= 15 is 0 Å². The van der Waals surface area contributed by atoms with E-state index in [0.29, 0.717) is 0 Å². The SMILES string of the molecule is CC(C)Oc1ccc(-c2ccc3cnc(I)n3c2)cc1. The third-order valence-corrected chi connectivity index (χ3v) is 3.84. The molecule has 2 heterocycles. The van der Waals surface area contributed by atoms with Gasteiger partial charge in [-0.25, -0.2) is 4.98 Å². The van der Waals surface area contributed by atoms with Crippen LogP contribution in [0.25, 0.3) is 16.6 Å². The quantitative estimate of drug-likeness (QED) is 0.632. The fourth-order valence-electron chi connectivity index (χ4n) is 2.13. The van der Waals surface area contributed by atoms with Crippen LogP contribution >= 0.6 is 22.6 Å². The molecular weight excluding hydrogens is 363 g/mol. The molecule has 0 unspecified atom stereocenters. The molecule has 1 aromatic carbocycles. The zero-order valence-corrected chi connectivity index (χ0v) is 13.5. The van der Waals surface area contributed by atoms with Gasteiger partial charge in [0.25, 0.3) is 0 Å². The van der Waals surface area contributed by atoms with E-state index < -0.39 is 0 Å². The van der Waals surface area contributed by atoms with Crippen molar-refractivity contribution < 1.29 is 4.74 Å². The smallest absolute Gasteiger partial charge is 0.175 e. The molecule has 0 saturated carbocycles. The molecule has 3 aromatic rings. The van der Waals surface area contributed by atoms with Gasteiger partial charge in [-0.05, 0) is 43.2 Å². The molecule has 0 aliphatic heterocycles. The van der Waals surface area contributed by atoms with Gasteiger partial charge in [0.15, 0.2) is 3.83 Å². The topological polar surface area (TPSA) is 26.5 Å². The van der Waals surface area contributed by atoms with Crippen LogP contribution in [-0.2, 0) is 0 Å². The van der Waals surface area contributed by atoms with Gasteiger partial charge >= 0.3 is 0 Å². The fourth-order valence-corrected chi connectivity index (χ4v) is 2.68. The molecule has 0 atom stereocenters. The fraction of sp³-hybridized carbons (Fsp3) is 0.188. The molecule has 0 aliphatic rings. The number of hydrogen-bond acceptors (Lipinski definition) is 2. The van der Waals surface area contributed by atoms with Crippen LogP contribution in [0.5, 0.6) is 5.75 Å². The second kappa shape index (κ2) is 5.44. The monoisotopic (exact) mass is 378 g/mol. The molecule has 0 amide bonds. The van der Waals surface area contributed by atoms with Crippen LogP contribution in [0.3, 0.4) is 0 Å². The second-order valence-corrected chi connectivity index (χ2v) is 5.90. The maximum Gasteiger partial charge on any atom is 0.175 e. The molecule has 20 heavy (non-hydrogen) atoms. The molecule has 3 nitrogen and oxygen atoms in total. The van der Waals surface area contributed by atoms with Crippen molar-refractivity contribution in [3.8, 4) is 16.9 Å². The van der Waals surface area contributed by atoms with Gasteiger partial charge < -0.3 is 4.74 Å². The average Bonchev–Trinajstić information content (AvgIpc) is 2.80. The number of imidazole rings is 1. The lowest BCUT2D eigenvalue weighted by atomic mass is 10.1. The Morgan fingerprint density at radius 2 is 1.75 bits per heavy atom. The number of rotatable bonds is 3. The van der Waals surface area contributed by atoms with Crippen molar-refractivity contribution in [2.24, 2.45) is 0 Å². The Hall–Kier alpha value is -1.56. The summed E-state index contributed by atoms with van der Waals surface area (Å²) in [6.45, 7) is 4.06. The van der Waals surface area contributed by atoms with Crippen LogP contribution < -0.4 is 4.74 Å². The summed E-state index contributed by atoms with van der Waals surface area (Å²) in [6, 6.07) is 12.4. The van der Waals surface area contributed by atoms with Gasteiger partial charge in [0.2, 0.25) is 0 Å². The third kappa shape index (κ3) is 2.65. The molecule has 0 spiro atoms. The van der Waals surface area contributed by atoms with Gasteiger partial charge in [-0.1, -0.05) is 18.2 Å². The van der Waals surface area contributed by atoms with Crippen molar-refractivity contribution in [1.82, 2.24) is 9.38 Å². The summed E-state index contributed by atoms with van der Waals surface area (Å²) in [6.07, 6.45) is 4.19. The zero-order chi connectivity index (χ0) is 14.1. The predicted octanol–water partition coefficient (Wildman–Crippen LogP) is 4.39. The third-order valence-electron chi connectivity index (χ3n) is 3.04. The standard InChI is InChI=1S/C16H15IN2O/c1-11(2)20-15-7-4-12(5-8-15)13-3-6-14-9-18-16(17)19(14)10-13/h3-11H,1-2H3. The van der Waals surface area contributed by atoms with Crippen LogP contribution in [0.2, 0.25) is 0 Å². The van der Waals surface area contributed by atoms with E-state index in [1.165, 1.54) is 11.1 Å². The molecule has 0 N–H and O–H groups in total. The summed E-state index contributed by atoms with van der Waals surface area (Å²) in [7, 11) is 0. The molecule has 0 fully saturated rings. The first-order valence-corrected chi connectivity index (χ1v) is 7.61. The highest BCUT2D eigenvalue weighted by Gasteiger charge is 2.04. The summed E-state index contributed by atoms with van der Waals surface area (Å²) in [5.74, 6) is 0.905. The van der Waals surface area contributed by atoms with Gasteiger partial charge in [0, 0.05) is 28.8 Å². The number of nitrogens with zero attached hydrogens (tertiary/aromatic N) is 2. The Balaban J connectivity index is 1.95. The van der Waals surface area contributed by atoms with E-state index in [4.69, 9.17) is 4.74 Å². The minimum Gasteiger partial charge on any atom is -0.491 e. The number of pyridine rings is 1. The Labute approximate surface area is 131 Å². The normalized spacial score (nSPS) is 11.2. The Morgan fingerprint density at radius 1 is 1.05 bits per heavy atom. The van der Waals surface area contributed by atoms with Crippen molar-refractivity contribution in [3.63, 3.8) is 0 Å². The summed E-state index contributed by atoms with van der Waals surface area (Å²) in [4.78, 5) is 4.31. The number of fused-ring (bicyclic) bond motifs is 1. The van der Waals surface area contributed by atoms with E-state index in [2.05, 4.69) is 62.4 Å². The van der Waals surface area contributed by atoms with Crippen molar-refractivity contribution >= 4 is 28.1 Å². The van der Waals surface area contributed by atoms with Crippen molar-refractivity contribution in [2.45, 2.75) is 20.0 Å². The summed E-state index contributed by atoms with van der Waals surface area (Å²) in [5.41, 5.74) is 3.45. The van der Waals surface area contributed by atoms with E-state index in [1.807, 2.05) is 32.2 Å². The largest absolute Gasteiger partial charge is 0.491 e. The lowest BCUT2D eigenvalue weighted by Crippen LogP contribution is -2.05. The second-order valence-electron chi connectivity index (χ2n) is 4.93. The van der Waals surface area contributed by atoms with Gasteiger partial charge in [0.1, 0.15) is 5.75 Å². The molecule has 0 bridgehead atoms. The van der Waals surface area contributed by atoms with Crippen LogP contribution in [0.1, 0.15) is 13.8 Å². The zero-order valence-electron chi connectivity index (χ0n) is 11.4. The van der Waals surface area contributed by atoms with Crippen molar-refractivity contribution in [2.75, 3.05) is 0 Å². The summed E-state index contributed by atoms with van der Waals surface area (Å²) < 4.78 is 8.73. The lowest BCUT2D eigenvalue weighted by Gasteiger charge is -2.10. The predicted molar refractivity (Wildman–Crippen MR) is 89.1 cm³/mol. The number of aromatic nitrogens is 2. The average molecular weight is 378 g/mol. The molecule has 0 aliphatic carbocycles. The first-order valence-electron chi connectivity index (χ1n) is 6.53. The van der Waals surface area contributed by atoms with E-state index in [1.54, 1.807) is 0 Å². The molecule has 0 radical (unpaired) electrons. The van der Waals surface area contributed by atoms with Crippen LogP contribution in [-0.4, -0.2) is 15.5 Å². The maximum atomic E-state index is 5.67. The highest BCUT2D eigenvalue weighted by molar-refractivity contribution is 14.1. The van der Waals surface area contributed by atoms with Crippen LogP contribution in [0, 0.1) is 3.83 Å². The Morgan fingerprint density at radius 3 is 2.45 bits per heavy atom. The van der Waals surface area contributed by atoms with Gasteiger partial charge in [-0.2, -0.15) is 0 Å². The molecule has 4 heteroatoms. The van der Waals surface area contributed by atoms with E-state index in [-0.39, 0.29) is 6.10 Å². The summed E-state index contributed by atoms with van der Waals surface area (Å²) in [5, 5.41) is 0. The first kappa shape index (κ1) is 13.4. The van der Waals surface area contributed by atoms with Crippen LogP contribution in [0.15, 0.2) is 48.8 Å². The highest BCUT2D eigenvalue weighted by atomic mass is 127. The van der Waals surface area contributed by atoms with Gasteiger partial charge in [-0.3, -0.25) is 4.40 Å². The first-order chi connectivity index (χ1) is 9.63. The van der Waals surface area contributed by atoms with Crippen molar-refractivity contribution in [1.29, 1.82) is 0 Å². The Bertz CT molecular complexity index is 732. The van der Waals surface area contributed by atoms with Crippen molar-refractivity contribution in [3.05, 3.63) is 52.6 Å². The number of hydrogen-bond donors (Lipinski definition) is 0. The number of halogens is 1. The highest BCUT2D eigenvalue weighted by Crippen LogP contribution is 2.24. The Kier molecular flexibility index (Phi) is 3.65.